The first-order valence-electron chi connectivity index (χ1n) is 11.0. The normalized spacial score (nSPS) is 12.4. The molecule has 0 fully saturated rings. The monoisotopic (exact) mass is 618 g/mol. The molecule has 0 aliphatic rings. The van der Waals surface area contributed by atoms with E-state index in [-0.39, 0.29) is 15.7 Å². The molecular weight excluding hydrogens is 575 g/mol. The summed E-state index contributed by atoms with van der Waals surface area (Å²) in [5, 5.41) is 29.4. The van der Waals surface area contributed by atoms with E-state index in [1.807, 2.05) is 0 Å². The van der Waals surface area contributed by atoms with Crippen LogP contribution in [0.25, 0.3) is 0 Å². The number of thioether (sulfide) groups is 3. The molecule has 0 rings (SSSR count). The maximum absolute atomic E-state index is 10.2. The molecule has 0 aromatic carbocycles. The van der Waals surface area contributed by atoms with E-state index in [1.54, 1.807) is 43.3 Å². The third-order valence-corrected chi connectivity index (χ3v) is 7.24. The Bertz CT molecular complexity index is 380. The first kappa shape index (κ1) is 39.5. The number of carboxylic acids is 3. The number of aliphatic carboxylic acids is 3. The minimum absolute atomic E-state index is 0.355. The maximum atomic E-state index is 10.2. The van der Waals surface area contributed by atoms with Crippen LogP contribution in [-0.2, 0) is 14.4 Å². The molecule has 0 aromatic heterocycles. The quantitative estimate of drug-likeness (QED) is 0.201. The van der Waals surface area contributed by atoms with Crippen LogP contribution in [0.1, 0.15) is 80.1 Å². The molecule has 6 nitrogen and oxygen atoms in total. The van der Waals surface area contributed by atoms with Crippen LogP contribution in [0.15, 0.2) is 0 Å². The molecular formula is C22H42O6S3Sn. The number of rotatable bonds is 15. The van der Waals surface area contributed by atoms with Crippen LogP contribution in [0.3, 0.4) is 0 Å². The van der Waals surface area contributed by atoms with Gasteiger partial charge in [0.05, 0.1) is 17.9 Å². The van der Waals surface area contributed by atoms with Crippen molar-refractivity contribution in [1.29, 1.82) is 0 Å². The molecule has 0 bridgehead atoms. The van der Waals surface area contributed by atoms with Gasteiger partial charge in [-0.15, -0.1) is 0 Å². The average molecular weight is 617 g/mol. The third-order valence-electron chi connectivity index (χ3n) is 3.59. The van der Waals surface area contributed by atoms with Gasteiger partial charge in [-0.25, -0.2) is 0 Å². The second-order valence-corrected chi connectivity index (χ2v) is 10.9. The van der Waals surface area contributed by atoms with Crippen molar-refractivity contribution in [3.8, 4) is 0 Å². The summed E-state index contributed by atoms with van der Waals surface area (Å²) in [6.45, 7) is 11.2. The Labute approximate surface area is 222 Å². The Hall–Kier alpha value is 0.259. The fraction of sp³-hybridized carbons (Fsp3) is 0.864. The van der Waals surface area contributed by atoms with E-state index in [4.69, 9.17) is 0 Å². The fourth-order valence-electron chi connectivity index (χ4n) is 1.42. The van der Waals surface area contributed by atoms with Crippen LogP contribution in [0.5, 0.6) is 0 Å². The summed E-state index contributed by atoms with van der Waals surface area (Å²) in [5.74, 6) is -0.105. The van der Waals surface area contributed by atoms with Gasteiger partial charge in [0.1, 0.15) is 0 Å². The third kappa shape index (κ3) is 34.9. The molecule has 32 heavy (non-hydrogen) atoms. The number of carboxylic acid groups (broad SMARTS) is 3. The Morgan fingerprint density at radius 3 is 0.906 bits per heavy atom. The van der Waals surface area contributed by atoms with Crippen LogP contribution in [0, 0.1) is 0 Å². The van der Waals surface area contributed by atoms with Gasteiger partial charge >= 0.3 is 27.5 Å². The van der Waals surface area contributed by atoms with Crippen LogP contribution < -0.4 is 15.3 Å². The molecule has 0 amide bonds. The van der Waals surface area contributed by atoms with Crippen molar-refractivity contribution in [2.24, 2.45) is 0 Å². The second kappa shape index (κ2) is 31.3. The zero-order valence-corrected chi connectivity index (χ0v) is 26.1. The predicted molar refractivity (Wildman–Crippen MR) is 137 cm³/mol. The molecule has 0 spiro atoms. The second-order valence-electron chi connectivity index (χ2n) is 6.56. The zero-order chi connectivity index (χ0) is 25.9. The Balaban J connectivity index is -0.000000176. The Morgan fingerprint density at radius 2 is 0.781 bits per heavy atom. The molecule has 0 aliphatic carbocycles. The van der Waals surface area contributed by atoms with Gasteiger partial charge in [-0.1, -0.05) is 40.0 Å². The zero-order valence-electron chi connectivity index (χ0n) is 20.8. The molecule has 0 aliphatic heterocycles. The summed E-state index contributed by atoms with van der Waals surface area (Å²) >= 11 is 5.89. The van der Waals surface area contributed by atoms with Gasteiger partial charge in [0.15, 0.2) is 0 Å². The Kier molecular flexibility index (Phi) is 38.6. The first-order chi connectivity index (χ1) is 15.0. The summed E-state index contributed by atoms with van der Waals surface area (Å²) in [6.07, 6.45) is 6.61. The average Bonchev–Trinajstić information content (AvgIpc) is 2.76. The number of carbonyl (C=O) groups excluding carboxylic acids is 3. The van der Waals surface area contributed by atoms with Gasteiger partial charge in [-0.2, -0.15) is 35.3 Å². The molecule has 0 saturated heterocycles. The molecule has 0 heterocycles. The van der Waals surface area contributed by atoms with Gasteiger partial charge in [-0.05, 0) is 57.3 Å². The van der Waals surface area contributed by atoms with Crippen LogP contribution in [0.4, 0.5) is 0 Å². The van der Waals surface area contributed by atoms with Gasteiger partial charge in [-0.3, -0.25) is 0 Å². The molecule has 0 N–H and O–H groups in total. The summed E-state index contributed by atoms with van der Waals surface area (Å²) in [4.78, 5) is 32.6. The van der Waals surface area contributed by atoms with Gasteiger partial charge < -0.3 is 29.7 Å². The SMILES string of the molecule is CCCCSC(C)C(=O)[O-].CCCCSC(C)C(=O)[O-].CCCCSC(C)C(=O)[O-].[CH3][Sn+3]. The van der Waals surface area contributed by atoms with Crippen LogP contribution in [0.2, 0.25) is 4.94 Å². The topological polar surface area (TPSA) is 120 Å². The molecule has 10 heteroatoms. The van der Waals surface area contributed by atoms with Crippen molar-refractivity contribution in [2.45, 2.75) is 101 Å². The molecule has 188 valence electrons. The molecule has 3 atom stereocenters. The van der Waals surface area contributed by atoms with E-state index >= 15 is 0 Å². The van der Waals surface area contributed by atoms with Crippen molar-refractivity contribution in [3.05, 3.63) is 0 Å². The summed E-state index contributed by atoms with van der Waals surface area (Å²) in [6, 6.07) is 0. The summed E-state index contributed by atoms with van der Waals surface area (Å²) in [5.41, 5.74) is 0. The van der Waals surface area contributed by atoms with E-state index in [0.717, 1.165) is 55.8 Å². The molecule has 0 radical (unpaired) electrons. The van der Waals surface area contributed by atoms with Crippen LogP contribution >= 0.6 is 35.3 Å². The summed E-state index contributed by atoms with van der Waals surface area (Å²) < 4.78 is 0. The molecule has 3 unspecified atom stereocenters. The van der Waals surface area contributed by atoms with Crippen molar-refractivity contribution < 1.29 is 29.7 Å². The standard InChI is InChI=1S/3C7H14O2S.CH3.Sn/c3*1-3-4-5-10-6(2)7(8)9;;/h3*6H,3-5H2,1-2H3,(H,8,9);1H3;/q;;;;+3/p-3. The molecule has 0 saturated carbocycles. The van der Waals surface area contributed by atoms with Crippen molar-refractivity contribution >= 4 is 75.7 Å². The van der Waals surface area contributed by atoms with Gasteiger partial charge in [0, 0.05) is 15.7 Å². The van der Waals surface area contributed by atoms with Gasteiger partial charge in [0.2, 0.25) is 0 Å². The van der Waals surface area contributed by atoms with E-state index < -0.39 is 17.9 Å². The molecule has 0 aromatic rings. The van der Waals surface area contributed by atoms with E-state index in [1.165, 1.54) is 35.3 Å². The minimum atomic E-state index is -0.957. The van der Waals surface area contributed by atoms with E-state index in [9.17, 15) is 29.7 Å². The van der Waals surface area contributed by atoms with Crippen LogP contribution in [-0.4, -0.2) is 73.4 Å². The van der Waals surface area contributed by atoms with Crippen molar-refractivity contribution in [3.63, 3.8) is 0 Å². The Morgan fingerprint density at radius 1 is 0.594 bits per heavy atom. The van der Waals surface area contributed by atoms with Crippen molar-refractivity contribution in [2.75, 3.05) is 17.3 Å². The fourth-order valence-corrected chi connectivity index (χ4v) is 4.25. The number of hydrogen-bond donors (Lipinski definition) is 0. The first-order valence-corrected chi connectivity index (χ1v) is 17.0. The number of carbonyl (C=O) groups is 3. The van der Waals surface area contributed by atoms with E-state index in [2.05, 4.69) is 25.7 Å². The van der Waals surface area contributed by atoms with E-state index in [0.29, 0.717) is 0 Å². The summed E-state index contributed by atoms with van der Waals surface area (Å²) in [7, 11) is 0. The number of unbranched alkanes of at least 4 members (excludes halogenated alkanes) is 3. The van der Waals surface area contributed by atoms with Crippen molar-refractivity contribution in [1.82, 2.24) is 0 Å². The number of hydrogen-bond acceptors (Lipinski definition) is 9. The van der Waals surface area contributed by atoms with Gasteiger partial charge in [0.25, 0.3) is 0 Å². The predicted octanol–water partition coefficient (Wildman–Crippen LogP) is 2.18.